The molecule has 0 unspecified atom stereocenters. The van der Waals surface area contributed by atoms with Gasteiger partial charge in [0.15, 0.2) is 0 Å². The van der Waals surface area contributed by atoms with Gasteiger partial charge in [-0.3, -0.25) is 19.4 Å². The van der Waals surface area contributed by atoms with E-state index in [-0.39, 0.29) is 11.8 Å². The van der Waals surface area contributed by atoms with Crippen molar-refractivity contribution in [2.45, 2.75) is 18.9 Å². The molecule has 0 saturated carbocycles. The number of likely N-dealkylation sites (tertiary alicyclic amines) is 1. The van der Waals surface area contributed by atoms with Crippen LogP contribution in [0.1, 0.15) is 13.3 Å². The van der Waals surface area contributed by atoms with Gasteiger partial charge in [-0.25, -0.2) is 0 Å². The van der Waals surface area contributed by atoms with Gasteiger partial charge in [-0.05, 0) is 6.42 Å². The van der Waals surface area contributed by atoms with Crippen molar-refractivity contribution in [1.29, 1.82) is 0 Å². The summed E-state index contributed by atoms with van der Waals surface area (Å²) in [5.41, 5.74) is -0.834. The van der Waals surface area contributed by atoms with Crippen molar-refractivity contribution >= 4 is 11.8 Å². The molecule has 1 atom stereocenters. The Morgan fingerprint density at radius 3 is 2.28 bits per heavy atom. The first kappa shape index (κ1) is 18.6. The predicted molar refractivity (Wildman–Crippen MR) is 92.1 cm³/mol. The first-order valence-electron chi connectivity index (χ1n) is 9.23. The number of hydrogen-bond acceptors (Lipinski definition) is 6. The zero-order valence-corrected chi connectivity index (χ0v) is 15.2. The molecule has 0 aromatic carbocycles. The molecule has 3 rings (SSSR count). The van der Waals surface area contributed by atoms with Crippen LogP contribution in [0.5, 0.6) is 0 Å². The summed E-state index contributed by atoms with van der Waals surface area (Å²) in [5.74, 6) is 0.207. The Hall–Kier alpha value is -1.22. The van der Waals surface area contributed by atoms with Crippen LogP contribution in [0.15, 0.2) is 0 Å². The van der Waals surface area contributed by atoms with Crippen LogP contribution >= 0.6 is 0 Å². The molecule has 3 aliphatic heterocycles. The highest BCUT2D eigenvalue weighted by Crippen LogP contribution is 2.23. The van der Waals surface area contributed by atoms with Crippen molar-refractivity contribution in [3.05, 3.63) is 0 Å². The first-order valence-corrected chi connectivity index (χ1v) is 9.23. The van der Waals surface area contributed by atoms with Gasteiger partial charge in [0.05, 0.1) is 31.9 Å². The van der Waals surface area contributed by atoms with E-state index in [1.54, 1.807) is 11.8 Å². The number of morpholine rings is 1. The van der Waals surface area contributed by atoms with E-state index in [4.69, 9.17) is 4.74 Å². The molecule has 25 heavy (non-hydrogen) atoms. The second-order valence-electron chi connectivity index (χ2n) is 7.46. The fraction of sp³-hybridized carbons (Fsp3) is 0.882. The quantitative estimate of drug-likeness (QED) is 0.659. The molecule has 8 heteroatoms. The average molecular weight is 354 g/mol. The SMILES string of the molecule is CC(=O)N1CCN(C[C@@]2(O)CCN(C(=O)CN3CCOCC3)C2)CC1. The summed E-state index contributed by atoms with van der Waals surface area (Å²) in [5, 5.41) is 10.9. The minimum Gasteiger partial charge on any atom is -0.387 e. The molecule has 2 amide bonds. The molecule has 0 aromatic heterocycles. The van der Waals surface area contributed by atoms with Gasteiger partial charge in [-0.15, -0.1) is 0 Å². The number of β-amino-alcohol motifs (C(OH)–C–C–N with tert-alkyl or cyclic N) is 1. The number of carbonyl (C=O) groups excluding carboxylic acids is 2. The van der Waals surface area contributed by atoms with E-state index in [1.807, 2.05) is 4.90 Å². The monoisotopic (exact) mass is 354 g/mol. The highest BCUT2D eigenvalue weighted by molar-refractivity contribution is 5.78. The second kappa shape index (κ2) is 7.99. The molecular weight excluding hydrogens is 324 g/mol. The van der Waals surface area contributed by atoms with Crippen LogP contribution in [0.4, 0.5) is 0 Å². The maximum Gasteiger partial charge on any atom is 0.236 e. The molecule has 0 radical (unpaired) electrons. The van der Waals surface area contributed by atoms with Crippen molar-refractivity contribution in [1.82, 2.24) is 19.6 Å². The van der Waals surface area contributed by atoms with E-state index >= 15 is 0 Å². The molecule has 3 saturated heterocycles. The van der Waals surface area contributed by atoms with Gasteiger partial charge in [0.2, 0.25) is 11.8 Å². The number of piperazine rings is 1. The third-order valence-electron chi connectivity index (χ3n) is 5.48. The van der Waals surface area contributed by atoms with E-state index < -0.39 is 5.60 Å². The van der Waals surface area contributed by atoms with Gasteiger partial charge in [-0.1, -0.05) is 0 Å². The Balaban J connectivity index is 1.44. The van der Waals surface area contributed by atoms with E-state index in [0.29, 0.717) is 58.9 Å². The smallest absolute Gasteiger partial charge is 0.236 e. The van der Waals surface area contributed by atoms with Gasteiger partial charge in [0.25, 0.3) is 0 Å². The molecule has 0 bridgehead atoms. The van der Waals surface area contributed by atoms with E-state index in [2.05, 4.69) is 9.80 Å². The minimum absolute atomic E-state index is 0.0965. The number of amides is 2. The lowest BCUT2D eigenvalue weighted by atomic mass is 10.0. The van der Waals surface area contributed by atoms with Crippen LogP contribution in [0.25, 0.3) is 0 Å². The first-order chi connectivity index (χ1) is 12.0. The normalized spacial score (nSPS) is 29.2. The average Bonchev–Trinajstić information content (AvgIpc) is 2.98. The number of carbonyl (C=O) groups is 2. The number of ether oxygens (including phenoxy) is 1. The molecule has 0 spiro atoms. The summed E-state index contributed by atoms with van der Waals surface area (Å²) in [4.78, 5) is 31.8. The third-order valence-corrected chi connectivity index (χ3v) is 5.48. The summed E-state index contributed by atoms with van der Waals surface area (Å²) in [6, 6.07) is 0. The Bertz CT molecular complexity index is 489. The highest BCUT2D eigenvalue weighted by Gasteiger charge is 2.40. The standard InChI is InChI=1S/C17H30N4O4/c1-15(22)20-6-4-19(5-7-20)13-17(24)2-3-21(14-17)16(23)12-18-8-10-25-11-9-18/h24H,2-14H2,1H3/t17-/m0/s1. The van der Waals surface area contributed by atoms with Crippen LogP contribution < -0.4 is 0 Å². The van der Waals surface area contributed by atoms with Crippen molar-refractivity contribution < 1.29 is 19.4 Å². The van der Waals surface area contributed by atoms with Crippen molar-refractivity contribution in [2.24, 2.45) is 0 Å². The van der Waals surface area contributed by atoms with Gasteiger partial charge >= 0.3 is 0 Å². The fourth-order valence-corrected chi connectivity index (χ4v) is 3.89. The zero-order valence-electron chi connectivity index (χ0n) is 15.2. The summed E-state index contributed by atoms with van der Waals surface area (Å²) in [7, 11) is 0. The molecule has 3 heterocycles. The predicted octanol–water partition coefficient (Wildman–Crippen LogP) is -1.55. The largest absolute Gasteiger partial charge is 0.387 e. The summed E-state index contributed by atoms with van der Waals surface area (Å²) in [6.07, 6.45) is 0.620. The maximum absolute atomic E-state index is 12.5. The van der Waals surface area contributed by atoms with Crippen LogP contribution in [-0.2, 0) is 14.3 Å². The number of aliphatic hydroxyl groups is 1. The molecule has 142 valence electrons. The van der Waals surface area contributed by atoms with Crippen molar-refractivity contribution in [3.63, 3.8) is 0 Å². The topological polar surface area (TPSA) is 76.6 Å². The highest BCUT2D eigenvalue weighted by atomic mass is 16.5. The van der Waals surface area contributed by atoms with Crippen LogP contribution in [-0.4, -0.2) is 121 Å². The summed E-state index contributed by atoms with van der Waals surface area (Å²) >= 11 is 0. The van der Waals surface area contributed by atoms with Crippen LogP contribution in [0, 0.1) is 0 Å². The summed E-state index contributed by atoms with van der Waals surface area (Å²) < 4.78 is 5.31. The lowest BCUT2D eigenvalue weighted by molar-refractivity contribution is -0.134. The number of hydrogen-bond donors (Lipinski definition) is 1. The fourth-order valence-electron chi connectivity index (χ4n) is 3.89. The van der Waals surface area contributed by atoms with E-state index in [0.717, 1.165) is 26.2 Å². The second-order valence-corrected chi connectivity index (χ2v) is 7.46. The van der Waals surface area contributed by atoms with Crippen molar-refractivity contribution in [3.8, 4) is 0 Å². The van der Waals surface area contributed by atoms with Gasteiger partial charge < -0.3 is 19.6 Å². The van der Waals surface area contributed by atoms with Gasteiger partial charge in [0.1, 0.15) is 0 Å². The van der Waals surface area contributed by atoms with E-state index in [1.165, 1.54) is 0 Å². The molecule has 0 aromatic rings. The molecule has 0 aliphatic carbocycles. The third kappa shape index (κ3) is 4.91. The van der Waals surface area contributed by atoms with E-state index in [9.17, 15) is 14.7 Å². The molecule has 1 N–H and O–H groups in total. The molecule has 3 aliphatic rings. The van der Waals surface area contributed by atoms with Gasteiger partial charge in [-0.2, -0.15) is 0 Å². The Morgan fingerprint density at radius 1 is 0.960 bits per heavy atom. The van der Waals surface area contributed by atoms with Crippen molar-refractivity contribution in [2.75, 3.05) is 78.7 Å². The summed E-state index contributed by atoms with van der Waals surface area (Å²) in [6.45, 7) is 9.55. The van der Waals surface area contributed by atoms with Crippen LogP contribution in [0.3, 0.4) is 0 Å². The minimum atomic E-state index is -0.834. The lowest BCUT2D eigenvalue weighted by Gasteiger charge is -2.38. The molecule has 8 nitrogen and oxygen atoms in total. The lowest BCUT2D eigenvalue weighted by Crippen LogP contribution is -2.54. The Morgan fingerprint density at radius 2 is 1.64 bits per heavy atom. The molecular formula is C17H30N4O4. The van der Waals surface area contributed by atoms with Crippen LogP contribution in [0.2, 0.25) is 0 Å². The maximum atomic E-state index is 12.5. The number of nitrogens with zero attached hydrogens (tertiary/aromatic N) is 4. The molecule has 3 fully saturated rings. The zero-order chi connectivity index (χ0) is 17.9. The Labute approximate surface area is 149 Å². The van der Waals surface area contributed by atoms with Gasteiger partial charge in [0, 0.05) is 59.3 Å². The number of rotatable bonds is 4. The Kier molecular flexibility index (Phi) is 5.93.